The van der Waals surface area contributed by atoms with E-state index < -0.39 is 32.5 Å². The van der Waals surface area contributed by atoms with Crippen LogP contribution in [-0.2, 0) is 10.0 Å². The van der Waals surface area contributed by atoms with E-state index in [1.54, 1.807) is 6.07 Å². The van der Waals surface area contributed by atoms with Crippen LogP contribution in [0.3, 0.4) is 0 Å². The molecule has 3 rings (SSSR count). The molecule has 0 heterocycles. The van der Waals surface area contributed by atoms with Crippen molar-refractivity contribution in [2.75, 3.05) is 12.3 Å². The molecular formula is C19H19N5O6S. The van der Waals surface area contributed by atoms with Gasteiger partial charge in [0, 0.05) is 18.0 Å². The van der Waals surface area contributed by atoms with E-state index in [4.69, 9.17) is 5.73 Å². The van der Waals surface area contributed by atoms with Gasteiger partial charge in [0.15, 0.2) is 0 Å². The third-order valence-electron chi connectivity index (χ3n) is 4.32. The van der Waals surface area contributed by atoms with Gasteiger partial charge in [0.1, 0.15) is 11.4 Å². The van der Waals surface area contributed by atoms with Gasteiger partial charge in [-0.2, -0.15) is 0 Å². The molecule has 162 valence electrons. The number of hydrogen-bond acceptors (Lipinski definition) is 9. The van der Waals surface area contributed by atoms with Crippen molar-refractivity contribution in [1.29, 1.82) is 0 Å². The Hall–Kier alpha value is -3.61. The maximum Gasteiger partial charge on any atom is 0.313 e. The molecule has 0 aliphatic heterocycles. The first-order valence-electron chi connectivity index (χ1n) is 8.98. The largest absolute Gasteiger partial charge is 0.501 e. The lowest BCUT2D eigenvalue weighted by Gasteiger charge is -2.10. The Morgan fingerprint density at radius 1 is 1.19 bits per heavy atom. The van der Waals surface area contributed by atoms with Crippen LogP contribution < -0.4 is 10.5 Å². The van der Waals surface area contributed by atoms with Crippen molar-refractivity contribution in [3.63, 3.8) is 0 Å². The number of hydrogen-bond donors (Lipinski definition) is 4. The molecular weight excluding hydrogens is 426 g/mol. The van der Waals surface area contributed by atoms with Crippen LogP contribution in [0.15, 0.2) is 63.7 Å². The van der Waals surface area contributed by atoms with Crippen LogP contribution >= 0.6 is 0 Å². The van der Waals surface area contributed by atoms with Gasteiger partial charge in [-0.15, -0.1) is 10.2 Å². The quantitative estimate of drug-likeness (QED) is 0.186. The Labute approximate surface area is 177 Å². The fourth-order valence-corrected chi connectivity index (χ4v) is 3.91. The zero-order valence-corrected chi connectivity index (χ0v) is 17.1. The molecule has 0 saturated heterocycles. The lowest BCUT2D eigenvalue weighted by molar-refractivity contribution is -0.385. The summed E-state index contributed by atoms with van der Waals surface area (Å²) < 4.78 is 27.1. The summed E-state index contributed by atoms with van der Waals surface area (Å²) in [5.41, 5.74) is 5.81. The minimum Gasteiger partial charge on any atom is -0.501 e. The molecule has 12 heteroatoms. The van der Waals surface area contributed by atoms with Gasteiger partial charge in [0.25, 0.3) is 0 Å². The number of aliphatic hydroxyl groups is 1. The first-order chi connectivity index (χ1) is 14.6. The second-order valence-electron chi connectivity index (χ2n) is 6.69. The average molecular weight is 445 g/mol. The third kappa shape index (κ3) is 4.77. The van der Waals surface area contributed by atoms with E-state index in [1.807, 2.05) is 0 Å². The summed E-state index contributed by atoms with van der Waals surface area (Å²) in [4.78, 5) is 10.2. The fraction of sp³-hybridized carbons (Fsp3) is 0.158. The number of fused-ring (bicyclic) bond motifs is 1. The van der Waals surface area contributed by atoms with Crippen molar-refractivity contribution in [3.05, 3.63) is 58.6 Å². The highest BCUT2D eigenvalue weighted by Crippen LogP contribution is 2.39. The van der Waals surface area contributed by atoms with Crippen LogP contribution in [0.25, 0.3) is 10.8 Å². The monoisotopic (exact) mass is 445 g/mol. The normalized spacial score (nSPS) is 13.0. The molecule has 0 fully saturated rings. The lowest BCUT2D eigenvalue weighted by Crippen LogP contribution is -2.30. The Kier molecular flexibility index (Phi) is 6.15. The van der Waals surface area contributed by atoms with Gasteiger partial charge in [-0.25, -0.2) is 13.1 Å². The van der Waals surface area contributed by atoms with Gasteiger partial charge < -0.3 is 15.9 Å². The van der Waals surface area contributed by atoms with E-state index in [0.29, 0.717) is 10.8 Å². The minimum atomic E-state index is -3.84. The molecule has 1 unspecified atom stereocenters. The lowest BCUT2D eigenvalue weighted by atomic mass is 10.1. The molecule has 5 N–H and O–H groups in total. The van der Waals surface area contributed by atoms with Crippen LogP contribution in [-0.4, -0.2) is 36.2 Å². The molecule has 3 aromatic carbocycles. The number of phenols is 1. The zero-order chi connectivity index (χ0) is 22.8. The molecule has 0 spiro atoms. The van der Waals surface area contributed by atoms with Crippen LogP contribution in [0, 0.1) is 10.1 Å². The number of aromatic hydroxyl groups is 1. The predicted octanol–water partition coefficient (Wildman–Crippen LogP) is 3.11. The second-order valence-corrected chi connectivity index (χ2v) is 8.46. The number of nitro groups is 1. The number of azo groups is 1. The Bertz CT molecular complexity index is 1290. The van der Waals surface area contributed by atoms with E-state index in [-0.39, 0.29) is 28.5 Å². The molecule has 0 aliphatic rings. The molecule has 0 radical (unpaired) electrons. The molecule has 0 aromatic heterocycles. The van der Waals surface area contributed by atoms with Crippen molar-refractivity contribution >= 4 is 43.5 Å². The fourth-order valence-electron chi connectivity index (χ4n) is 2.75. The number of nitrogens with two attached hydrogens (primary N) is 1. The Morgan fingerprint density at radius 3 is 2.61 bits per heavy atom. The summed E-state index contributed by atoms with van der Waals surface area (Å²) in [6, 6.07) is 11.3. The number of benzene rings is 3. The van der Waals surface area contributed by atoms with Gasteiger partial charge in [0.2, 0.25) is 15.8 Å². The van der Waals surface area contributed by atoms with Crippen LogP contribution in [0.2, 0.25) is 0 Å². The number of rotatable bonds is 7. The summed E-state index contributed by atoms with van der Waals surface area (Å²) in [5, 5.41) is 39.2. The highest BCUT2D eigenvalue weighted by molar-refractivity contribution is 7.89. The molecule has 11 nitrogen and oxygen atoms in total. The zero-order valence-electron chi connectivity index (χ0n) is 16.3. The summed E-state index contributed by atoms with van der Waals surface area (Å²) in [5.74, 6) is -0.632. The number of sulfonamides is 1. The first kappa shape index (κ1) is 22.1. The second kappa shape index (κ2) is 8.63. The van der Waals surface area contributed by atoms with E-state index in [2.05, 4.69) is 15.0 Å². The molecule has 3 aromatic rings. The van der Waals surface area contributed by atoms with Crippen LogP contribution in [0.5, 0.6) is 5.75 Å². The summed E-state index contributed by atoms with van der Waals surface area (Å²) in [6.07, 6.45) is -0.840. The third-order valence-corrected chi connectivity index (χ3v) is 5.74. The van der Waals surface area contributed by atoms with E-state index >= 15 is 0 Å². The van der Waals surface area contributed by atoms with E-state index in [1.165, 1.54) is 43.3 Å². The van der Waals surface area contributed by atoms with Gasteiger partial charge in [-0.1, -0.05) is 18.2 Å². The standard InChI is InChI=1S/C19H19N5O6S/c1-11(25)10-21-31(29,30)13-6-7-14-12(9-13)5-8-15(20)18(14)23-22-16-3-2-4-17(19(16)26)24(27)28/h2-9,11,21,25-26H,10,20H2,1H3. The maximum absolute atomic E-state index is 12.4. The number of anilines is 1. The number of aliphatic hydroxyl groups excluding tert-OH is 1. The molecule has 0 amide bonds. The van der Waals surface area contributed by atoms with Crippen molar-refractivity contribution in [3.8, 4) is 5.75 Å². The maximum atomic E-state index is 12.4. The SMILES string of the molecule is CC(O)CNS(=O)(=O)c1ccc2c(N=Nc3cccc([N+](=O)[O-])c3O)c(N)ccc2c1. The number of nitro benzene ring substituents is 1. The van der Waals surface area contributed by atoms with Crippen molar-refractivity contribution in [2.45, 2.75) is 17.9 Å². The number of para-hydroxylation sites is 1. The molecule has 31 heavy (non-hydrogen) atoms. The molecule has 0 aliphatic carbocycles. The average Bonchev–Trinajstić information content (AvgIpc) is 2.72. The van der Waals surface area contributed by atoms with Crippen LogP contribution in [0.1, 0.15) is 6.92 Å². The highest BCUT2D eigenvalue weighted by atomic mass is 32.2. The summed E-state index contributed by atoms with van der Waals surface area (Å²) >= 11 is 0. The van der Waals surface area contributed by atoms with Gasteiger partial charge >= 0.3 is 5.69 Å². The highest BCUT2D eigenvalue weighted by Gasteiger charge is 2.18. The first-order valence-corrected chi connectivity index (χ1v) is 10.5. The number of nitrogens with zero attached hydrogens (tertiary/aromatic N) is 3. The number of nitrogen functional groups attached to an aromatic ring is 1. The number of nitrogens with one attached hydrogen (secondary N) is 1. The Morgan fingerprint density at radius 2 is 1.94 bits per heavy atom. The smallest absolute Gasteiger partial charge is 0.313 e. The molecule has 0 saturated carbocycles. The summed E-state index contributed by atoms with van der Waals surface area (Å²) in [7, 11) is -3.84. The van der Waals surface area contributed by atoms with Gasteiger partial charge in [-0.05, 0) is 36.6 Å². The number of phenolic OH excluding ortho intramolecular Hbond substituents is 1. The Balaban J connectivity index is 2.03. The van der Waals surface area contributed by atoms with Crippen LogP contribution in [0.4, 0.5) is 22.7 Å². The van der Waals surface area contributed by atoms with E-state index in [0.717, 1.165) is 6.07 Å². The van der Waals surface area contributed by atoms with Gasteiger partial charge in [0.05, 0.1) is 21.6 Å². The van der Waals surface area contributed by atoms with Crippen molar-refractivity contribution in [2.24, 2.45) is 10.2 Å². The minimum absolute atomic E-state index is 0.00959. The van der Waals surface area contributed by atoms with Crippen molar-refractivity contribution < 1.29 is 23.6 Å². The van der Waals surface area contributed by atoms with E-state index in [9.17, 15) is 28.7 Å². The summed E-state index contributed by atoms with van der Waals surface area (Å²) in [6.45, 7) is 1.33. The predicted molar refractivity (Wildman–Crippen MR) is 114 cm³/mol. The van der Waals surface area contributed by atoms with Crippen molar-refractivity contribution in [1.82, 2.24) is 4.72 Å². The van der Waals surface area contributed by atoms with Gasteiger partial charge in [-0.3, -0.25) is 10.1 Å². The topological polar surface area (TPSA) is 181 Å². The molecule has 0 bridgehead atoms. The molecule has 1 atom stereocenters.